The average Bonchev–Trinajstić information content (AvgIpc) is 2.99. The van der Waals surface area contributed by atoms with Gasteiger partial charge in [0.1, 0.15) is 11.0 Å². The van der Waals surface area contributed by atoms with Crippen LogP contribution in [-0.4, -0.2) is 33.5 Å². The Morgan fingerprint density at radius 1 is 1.17 bits per heavy atom. The van der Waals surface area contributed by atoms with Crippen molar-refractivity contribution in [2.24, 2.45) is 0 Å². The van der Waals surface area contributed by atoms with E-state index in [1.165, 1.54) is 4.90 Å². The number of nitrogens with zero attached hydrogens (tertiary/aromatic N) is 3. The largest absolute Gasteiger partial charge is 0.361 e. The molecule has 5 nitrogen and oxygen atoms in total. The van der Waals surface area contributed by atoms with E-state index in [9.17, 15) is 4.79 Å². The minimum absolute atomic E-state index is 0.0304. The molecule has 24 heavy (non-hydrogen) atoms. The van der Waals surface area contributed by atoms with Crippen LogP contribution in [0.3, 0.4) is 0 Å². The lowest BCUT2D eigenvalue weighted by atomic mass is 10.2. The summed E-state index contributed by atoms with van der Waals surface area (Å²) in [5, 5.41) is 2.99. The van der Waals surface area contributed by atoms with Gasteiger partial charge in [-0.25, -0.2) is 0 Å². The van der Waals surface area contributed by atoms with Crippen LogP contribution in [0, 0.1) is 0 Å². The second-order valence-electron chi connectivity index (χ2n) is 5.58. The Hall–Kier alpha value is -2.12. The number of amides is 1. The first kappa shape index (κ1) is 15.4. The van der Waals surface area contributed by atoms with Crippen molar-refractivity contribution in [2.75, 3.05) is 29.1 Å². The van der Waals surface area contributed by atoms with Gasteiger partial charge in [0.25, 0.3) is 0 Å². The summed E-state index contributed by atoms with van der Waals surface area (Å²) in [6, 6.07) is 13.9. The second kappa shape index (κ2) is 6.78. The maximum atomic E-state index is 12.6. The van der Waals surface area contributed by atoms with E-state index in [1.54, 1.807) is 0 Å². The fourth-order valence-electron chi connectivity index (χ4n) is 2.83. The molecule has 1 aromatic heterocycles. The van der Waals surface area contributed by atoms with Crippen LogP contribution in [0.15, 0.2) is 47.4 Å². The molecular weight excluding hydrogens is 340 g/mol. The molecule has 0 spiro atoms. The summed E-state index contributed by atoms with van der Waals surface area (Å²) in [7, 11) is 0. The molecule has 0 atom stereocenters. The molecule has 0 saturated carbocycles. The highest BCUT2D eigenvalue weighted by Gasteiger charge is 2.18. The molecule has 4 rings (SSSR count). The van der Waals surface area contributed by atoms with Gasteiger partial charge in [-0.15, -0.1) is 11.8 Å². The van der Waals surface area contributed by atoms with E-state index in [4.69, 9.17) is 0 Å². The van der Waals surface area contributed by atoms with Crippen molar-refractivity contribution >= 4 is 51.8 Å². The van der Waals surface area contributed by atoms with Crippen molar-refractivity contribution in [3.8, 4) is 0 Å². The third-order valence-corrected chi connectivity index (χ3v) is 5.62. The Bertz CT molecular complexity index is 880. The van der Waals surface area contributed by atoms with E-state index in [0.717, 1.165) is 52.9 Å². The monoisotopic (exact) mass is 356 g/mol. The highest BCUT2D eigenvalue weighted by molar-refractivity contribution is 7.99. The Morgan fingerprint density at radius 3 is 3.04 bits per heavy atom. The van der Waals surface area contributed by atoms with Crippen LogP contribution in [-0.2, 0) is 4.79 Å². The fourth-order valence-corrected chi connectivity index (χ4v) is 4.40. The molecule has 2 heterocycles. The molecule has 3 aromatic rings. The molecule has 7 heteroatoms. The van der Waals surface area contributed by atoms with E-state index in [1.807, 2.05) is 42.1 Å². The maximum Gasteiger partial charge on any atom is 0.243 e. The predicted octanol–water partition coefficient (Wildman–Crippen LogP) is 3.63. The molecule has 2 aromatic carbocycles. The average molecular weight is 356 g/mol. The maximum absolute atomic E-state index is 12.6. The fraction of sp³-hybridized carbons (Fsp3) is 0.235. The number of carbonyl (C=O) groups is 1. The number of nitrogens with one attached hydrogen (secondary N) is 1. The van der Waals surface area contributed by atoms with Gasteiger partial charge in [0, 0.05) is 11.4 Å². The SMILES string of the molecule is O=C(CN1CCCSc2ccccc21)Nc1cccc2nsnc12. The van der Waals surface area contributed by atoms with Gasteiger partial charge in [0.15, 0.2) is 0 Å². The number of aromatic nitrogens is 2. The van der Waals surface area contributed by atoms with E-state index in [0.29, 0.717) is 6.54 Å². The predicted molar refractivity (Wildman–Crippen MR) is 100 cm³/mol. The Balaban J connectivity index is 1.53. The van der Waals surface area contributed by atoms with Gasteiger partial charge < -0.3 is 10.2 Å². The summed E-state index contributed by atoms with van der Waals surface area (Å²) in [6.45, 7) is 1.23. The number of carbonyl (C=O) groups excluding carboxylic acids is 1. The highest BCUT2D eigenvalue weighted by atomic mass is 32.2. The summed E-state index contributed by atoms with van der Waals surface area (Å²) in [5.41, 5.74) is 3.43. The summed E-state index contributed by atoms with van der Waals surface area (Å²) in [4.78, 5) is 16.0. The van der Waals surface area contributed by atoms with Gasteiger partial charge in [-0.1, -0.05) is 18.2 Å². The van der Waals surface area contributed by atoms with E-state index in [2.05, 4.69) is 31.1 Å². The number of hydrogen-bond acceptors (Lipinski definition) is 6. The molecular formula is C17H16N4OS2. The van der Waals surface area contributed by atoms with Crippen LogP contribution in [0.4, 0.5) is 11.4 Å². The number of para-hydroxylation sites is 1. The molecule has 122 valence electrons. The first-order valence-electron chi connectivity index (χ1n) is 7.79. The normalized spacial score (nSPS) is 14.2. The van der Waals surface area contributed by atoms with Crippen molar-refractivity contribution in [2.45, 2.75) is 11.3 Å². The lowest BCUT2D eigenvalue weighted by Crippen LogP contribution is -2.34. The van der Waals surface area contributed by atoms with Crippen LogP contribution in [0.25, 0.3) is 11.0 Å². The van der Waals surface area contributed by atoms with Crippen molar-refractivity contribution in [1.82, 2.24) is 8.75 Å². The summed E-state index contributed by atoms with van der Waals surface area (Å²) >= 11 is 3.02. The molecule has 1 aliphatic heterocycles. The van der Waals surface area contributed by atoms with E-state index in [-0.39, 0.29) is 5.91 Å². The minimum atomic E-state index is -0.0304. The lowest BCUT2D eigenvalue weighted by Gasteiger charge is -2.23. The standard InChI is InChI=1S/C17H16N4OS2/c22-16(18-12-5-3-6-13-17(12)20-24-19-13)11-21-9-4-10-23-15-8-2-1-7-14(15)21/h1-3,5-8H,4,9-11H2,(H,18,22). The number of hydrogen-bond donors (Lipinski definition) is 1. The number of thioether (sulfide) groups is 1. The van der Waals surface area contributed by atoms with Crippen LogP contribution >= 0.6 is 23.5 Å². The molecule has 0 fully saturated rings. The van der Waals surface area contributed by atoms with Gasteiger partial charge in [0.05, 0.1) is 29.6 Å². The van der Waals surface area contributed by atoms with Gasteiger partial charge in [-0.2, -0.15) is 8.75 Å². The number of benzene rings is 2. The zero-order valence-electron chi connectivity index (χ0n) is 12.9. The molecule has 1 aliphatic rings. The molecule has 0 unspecified atom stereocenters. The van der Waals surface area contributed by atoms with Crippen LogP contribution < -0.4 is 10.2 Å². The van der Waals surface area contributed by atoms with E-state index >= 15 is 0 Å². The zero-order chi connectivity index (χ0) is 16.4. The van der Waals surface area contributed by atoms with Crippen molar-refractivity contribution in [3.63, 3.8) is 0 Å². The number of rotatable bonds is 3. The summed E-state index contributed by atoms with van der Waals surface area (Å²) in [5.74, 6) is 1.05. The third-order valence-electron chi connectivity index (χ3n) is 3.93. The highest BCUT2D eigenvalue weighted by Crippen LogP contribution is 2.33. The molecule has 1 N–H and O–H groups in total. The summed E-state index contributed by atoms with van der Waals surface area (Å²) < 4.78 is 8.48. The molecule has 0 aliphatic carbocycles. The molecule has 0 radical (unpaired) electrons. The number of fused-ring (bicyclic) bond motifs is 2. The van der Waals surface area contributed by atoms with Gasteiger partial charge in [-0.3, -0.25) is 4.79 Å². The van der Waals surface area contributed by atoms with Crippen LogP contribution in [0.5, 0.6) is 0 Å². The van der Waals surface area contributed by atoms with Crippen molar-refractivity contribution in [1.29, 1.82) is 0 Å². The quantitative estimate of drug-likeness (QED) is 0.776. The number of anilines is 2. The zero-order valence-corrected chi connectivity index (χ0v) is 14.6. The third kappa shape index (κ3) is 3.09. The first-order valence-corrected chi connectivity index (χ1v) is 9.51. The van der Waals surface area contributed by atoms with Gasteiger partial charge in [0.2, 0.25) is 5.91 Å². The Kier molecular flexibility index (Phi) is 4.36. The lowest BCUT2D eigenvalue weighted by molar-refractivity contribution is -0.115. The van der Waals surface area contributed by atoms with Gasteiger partial charge >= 0.3 is 0 Å². The van der Waals surface area contributed by atoms with Gasteiger partial charge in [-0.05, 0) is 36.4 Å². The Morgan fingerprint density at radius 2 is 2.08 bits per heavy atom. The van der Waals surface area contributed by atoms with Crippen molar-refractivity contribution < 1.29 is 4.79 Å². The second-order valence-corrected chi connectivity index (χ2v) is 7.24. The summed E-state index contributed by atoms with van der Waals surface area (Å²) in [6.07, 6.45) is 1.07. The first-order chi connectivity index (χ1) is 11.8. The molecule has 0 saturated heterocycles. The molecule has 0 bridgehead atoms. The van der Waals surface area contributed by atoms with E-state index < -0.39 is 0 Å². The Labute approximate surface area is 148 Å². The minimum Gasteiger partial charge on any atom is -0.361 e. The van der Waals surface area contributed by atoms with Crippen LogP contribution in [0.2, 0.25) is 0 Å². The molecule has 1 amide bonds. The van der Waals surface area contributed by atoms with Crippen LogP contribution in [0.1, 0.15) is 6.42 Å². The topological polar surface area (TPSA) is 58.1 Å². The van der Waals surface area contributed by atoms with Crippen molar-refractivity contribution in [3.05, 3.63) is 42.5 Å². The smallest absolute Gasteiger partial charge is 0.243 e.